The summed E-state index contributed by atoms with van der Waals surface area (Å²) < 4.78 is 5.66. The third kappa shape index (κ3) is 4.05. The number of benzene rings is 1. The highest BCUT2D eigenvalue weighted by Gasteiger charge is 2.31. The van der Waals surface area contributed by atoms with E-state index in [0.717, 1.165) is 25.7 Å². The SMILES string of the molecule is CCCCCCN1C(=O)C(C)Oc2ccc(C(=O)C(C)Cl)cc21. The Balaban J connectivity index is 2.27. The van der Waals surface area contributed by atoms with E-state index in [0.29, 0.717) is 23.5 Å². The Labute approximate surface area is 142 Å². The van der Waals surface area contributed by atoms with Gasteiger partial charge in [-0.15, -0.1) is 11.6 Å². The Morgan fingerprint density at radius 1 is 1.35 bits per heavy atom. The summed E-state index contributed by atoms with van der Waals surface area (Å²) in [4.78, 5) is 26.3. The Kier molecular flexibility index (Phi) is 6.05. The molecule has 0 spiro atoms. The summed E-state index contributed by atoms with van der Waals surface area (Å²) >= 11 is 5.89. The summed E-state index contributed by atoms with van der Waals surface area (Å²) in [7, 11) is 0. The van der Waals surface area contributed by atoms with Crippen molar-refractivity contribution in [1.29, 1.82) is 0 Å². The maximum atomic E-state index is 12.5. The number of Topliss-reactive ketones (excluding diaryl/α,β-unsaturated/α-hetero) is 1. The van der Waals surface area contributed by atoms with Crippen LogP contribution >= 0.6 is 11.6 Å². The van der Waals surface area contributed by atoms with Crippen molar-refractivity contribution < 1.29 is 14.3 Å². The first kappa shape index (κ1) is 17.8. The van der Waals surface area contributed by atoms with Gasteiger partial charge in [-0.1, -0.05) is 26.2 Å². The summed E-state index contributed by atoms with van der Waals surface area (Å²) in [5.41, 5.74) is 1.18. The predicted molar refractivity (Wildman–Crippen MR) is 92.7 cm³/mol. The molecule has 1 heterocycles. The second-order valence-electron chi connectivity index (χ2n) is 5.97. The van der Waals surface area contributed by atoms with E-state index < -0.39 is 11.5 Å². The normalized spacial score (nSPS) is 18.3. The van der Waals surface area contributed by atoms with Crippen molar-refractivity contribution in [1.82, 2.24) is 0 Å². The first-order valence-corrected chi connectivity index (χ1v) is 8.69. The van der Waals surface area contributed by atoms with Crippen molar-refractivity contribution >= 4 is 29.0 Å². The molecule has 0 N–H and O–H groups in total. The predicted octanol–water partition coefficient (Wildman–Crippen LogP) is 4.19. The van der Waals surface area contributed by atoms with Crippen molar-refractivity contribution in [2.75, 3.05) is 11.4 Å². The van der Waals surface area contributed by atoms with Gasteiger partial charge in [-0.25, -0.2) is 0 Å². The van der Waals surface area contributed by atoms with Crippen LogP contribution in [0.3, 0.4) is 0 Å². The third-order valence-corrected chi connectivity index (χ3v) is 4.25. The average Bonchev–Trinajstić information content (AvgIpc) is 2.53. The van der Waals surface area contributed by atoms with Gasteiger partial charge >= 0.3 is 0 Å². The topological polar surface area (TPSA) is 46.6 Å². The van der Waals surface area contributed by atoms with E-state index >= 15 is 0 Å². The number of nitrogens with zero attached hydrogens (tertiary/aromatic N) is 1. The van der Waals surface area contributed by atoms with E-state index in [4.69, 9.17) is 16.3 Å². The van der Waals surface area contributed by atoms with Crippen LogP contribution in [0.2, 0.25) is 0 Å². The van der Waals surface area contributed by atoms with Crippen molar-refractivity contribution in [3.05, 3.63) is 23.8 Å². The molecule has 2 unspecified atom stereocenters. The summed E-state index contributed by atoms with van der Waals surface area (Å²) in [5.74, 6) is 0.440. The van der Waals surface area contributed by atoms with Gasteiger partial charge in [-0.2, -0.15) is 0 Å². The monoisotopic (exact) mass is 337 g/mol. The lowest BCUT2D eigenvalue weighted by Crippen LogP contribution is -2.45. The molecule has 1 aliphatic rings. The maximum absolute atomic E-state index is 12.5. The van der Waals surface area contributed by atoms with Crippen LogP contribution in [0.25, 0.3) is 0 Å². The lowest BCUT2D eigenvalue weighted by Gasteiger charge is -2.33. The van der Waals surface area contributed by atoms with Gasteiger partial charge in [0, 0.05) is 12.1 Å². The molecule has 126 valence electrons. The van der Waals surface area contributed by atoms with Crippen LogP contribution in [0.15, 0.2) is 18.2 Å². The smallest absolute Gasteiger partial charge is 0.267 e. The number of fused-ring (bicyclic) bond motifs is 1. The molecular formula is C18H24ClNO3. The van der Waals surface area contributed by atoms with Gasteiger partial charge in [-0.3, -0.25) is 9.59 Å². The number of anilines is 1. The number of hydrogen-bond acceptors (Lipinski definition) is 3. The zero-order chi connectivity index (χ0) is 17.0. The molecule has 2 atom stereocenters. The number of unbranched alkanes of at least 4 members (excludes halogenated alkanes) is 3. The van der Waals surface area contributed by atoms with Crippen LogP contribution in [0, 0.1) is 0 Å². The lowest BCUT2D eigenvalue weighted by molar-refractivity contribution is -0.125. The maximum Gasteiger partial charge on any atom is 0.267 e. The Morgan fingerprint density at radius 3 is 2.74 bits per heavy atom. The summed E-state index contributed by atoms with van der Waals surface area (Å²) in [6.45, 7) is 6.20. The van der Waals surface area contributed by atoms with Gasteiger partial charge in [0.05, 0.1) is 11.1 Å². The molecule has 1 amide bonds. The second-order valence-corrected chi connectivity index (χ2v) is 6.63. The molecule has 0 saturated heterocycles. The molecule has 0 aliphatic carbocycles. The molecule has 2 rings (SSSR count). The van der Waals surface area contributed by atoms with Gasteiger partial charge in [0.15, 0.2) is 11.9 Å². The number of carbonyl (C=O) groups excluding carboxylic acids is 2. The van der Waals surface area contributed by atoms with Crippen LogP contribution in [0.4, 0.5) is 5.69 Å². The minimum absolute atomic E-state index is 0.0579. The molecule has 1 aromatic carbocycles. The van der Waals surface area contributed by atoms with E-state index in [9.17, 15) is 9.59 Å². The quantitative estimate of drug-likeness (QED) is 0.426. The van der Waals surface area contributed by atoms with E-state index in [1.54, 1.807) is 36.9 Å². The molecule has 5 heteroatoms. The van der Waals surface area contributed by atoms with Gasteiger partial charge in [0.1, 0.15) is 5.75 Å². The molecule has 4 nitrogen and oxygen atoms in total. The summed E-state index contributed by atoms with van der Waals surface area (Å²) in [5, 5.41) is -0.592. The highest BCUT2D eigenvalue weighted by molar-refractivity contribution is 6.33. The Morgan fingerprint density at radius 2 is 2.09 bits per heavy atom. The van der Waals surface area contributed by atoms with E-state index in [2.05, 4.69) is 6.92 Å². The number of halogens is 1. The standard InChI is InChI=1S/C18H24ClNO3/c1-4-5-6-7-10-20-15-11-14(17(21)12(2)19)8-9-16(15)23-13(3)18(20)22/h8-9,11-13H,4-7,10H2,1-3H3. The second kappa shape index (κ2) is 7.82. The number of alkyl halides is 1. The average molecular weight is 338 g/mol. The first-order valence-electron chi connectivity index (χ1n) is 8.26. The number of ketones is 1. The number of hydrogen-bond donors (Lipinski definition) is 0. The van der Waals surface area contributed by atoms with Crippen molar-refractivity contribution in [3.63, 3.8) is 0 Å². The van der Waals surface area contributed by atoms with Crippen LogP contribution in [0.5, 0.6) is 5.75 Å². The zero-order valence-corrected chi connectivity index (χ0v) is 14.7. The fourth-order valence-electron chi connectivity index (χ4n) is 2.72. The third-order valence-electron chi connectivity index (χ3n) is 4.05. The molecule has 0 fully saturated rings. The van der Waals surface area contributed by atoms with Crippen LogP contribution in [0.1, 0.15) is 56.8 Å². The molecule has 0 bridgehead atoms. The number of amides is 1. The molecule has 23 heavy (non-hydrogen) atoms. The molecule has 1 aliphatic heterocycles. The van der Waals surface area contributed by atoms with E-state index in [1.165, 1.54) is 0 Å². The summed E-state index contributed by atoms with van der Waals surface area (Å²) in [6, 6.07) is 5.18. The van der Waals surface area contributed by atoms with Crippen molar-refractivity contribution in [3.8, 4) is 5.75 Å². The minimum atomic E-state index is -0.592. The molecule has 0 radical (unpaired) electrons. The van der Waals surface area contributed by atoms with Gasteiger partial charge in [-0.05, 0) is 38.5 Å². The lowest BCUT2D eigenvalue weighted by atomic mass is 10.0. The van der Waals surface area contributed by atoms with Gasteiger partial charge in [0.2, 0.25) is 0 Å². The molecule has 0 saturated carbocycles. The van der Waals surface area contributed by atoms with E-state index in [-0.39, 0.29) is 11.7 Å². The molecule has 1 aromatic rings. The van der Waals surface area contributed by atoms with Crippen LogP contribution in [-0.2, 0) is 4.79 Å². The van der Waals surface area contributed by atoms with Crippen molar-refractivity contribution in [2.24, 2.45) is 0 Å². The minimum Gasteiger partial charge on any atom is -0.479 e. The van der Waals surface area contributed by atoms with Crippen molar-refractivity contribution in [2.45, 2.75) is 57.9 Å². The van der Waals surface area contributed by atoms with Gasteiger partial charge in [0.25, 0.3) is 5.91 Å². The zero-order valence-electron chi connectivity index (χ0n) is 14.0. The largest absolute Gasteiger partial charge is 0.479 e. The van der Waals surface area contributed by atoms with Crippen LogP contribution in [-0.4, -0.2) is 29.7 Å². The fraction of sp³-hybridized carbons (Fsp3) is 0.556. The number of rotatable bonds is 7. The Bertz CT molecular complexity index is 586. The number of ether oxygens (including phenoxy) is 1. The fourth-order valence-corrected chi connectivity index (χ4v) is 2.84. The molecular weight excluding hydrogens is 314 g/mol. The van der Waals surface area contributed by atoms with Crippen LogP contribution < -0.4 is 9.64 Å². The highest BCUT2D eigenvalue weighted by atomic mass is 35.5. The Hall–Kier alpha value is -1.55. The first-order chi connectivity index (χ1) is 11.0. The summed E-state index contributed by atoms with van der Waals surface area (Å²) in [6.07, 6.45) is 3.83. The highest BCUT2D eigenvalue weighted by Crippen LogP contribution is 2.35. The van der Waals surface area contributed by atoms with Gasteiger partial charge < -0.3 is 9.64 Å². The molecule has 0 aromatic heterocycles. The van der Waals surface area contributed by atoms with E-state index in [1.807, 2.05) is 0 Å². The number of carbonyl (C=O) groups is 2.